The molecule has 0 aromatic heterocycles. The zero-order chi connectivity index (χ0) is 24.7. The van der Waals surface area contributed by atoms with Gasteiger partial charge in [0.1, 0.15) is 0 Å². The van der Waals surface area contributed by atoms with Crippen LogP contribution in [0.4, 0.5) is 13.2 Å². The number of halogens is 5. The number of carbonyl (C=O) groups is 1. The normalized spacial score (nSPS) is 19.0. The quantitative estimate of drug-likeness (QED) is 0.526. The van der Waals surface area contributed by atoms with Crippen LogP contribution in [0.25, 0.3) is 0 Å². The number of guanidine groups is 1. The third-order valence-corrected chi connectivity index (χ3v) is 6.89. The van der Waals surface area contributed by atoms with Gasteiger partial charge in [-0.05, 0) is 47.9 Å². The number of benzene rings is 2. The van der Waals surface area contributed by atoms with E-state index in [4.69, 9.17) is 23.2 Å². The Kier molecular flexibility index (Phi) is 6.55. The van der Waals surface area contributed by atoms with E-state index in [0.29, 0.717) is 53.2 Å². The SMILES string of the molecule is O=C1C2=C(CCN(Cc3cc(Cl)cc(Cl)c3)C2)N2CCCN=C2N1Cc1ccc(C(F)(F)F)cc1. The zero-order valence-electron chi connectivity index (χ0n) is 18.8. The molecule has 0 bridgehead atoms. The second-order valence-corrected chi connectivity index (χ2v) is 9.81. The molecule has 0 spiro atoms. The summed E-state index contributed by atoms with van der Waals surface area (Å²) in [4.78, 5) is 24.2. The number of hydrogen-bond acceptors (Lipinski definition) is 4. The minimum atomic E-state index is -4.40. The molecule has 5 rings (SSSR count). The van der Waals surface area contributed by atoms with E-state index in [-0.39, 0.29) is 12.5 Å². The highest BCUT2D eigenvalue weighted by molar-refractivity contribution is 6.34. The van der Waals surface area contributed by atoms with Gasteiger partial charge in [0.15, 0.2) is 0 Å². The van der Waals surface area contributed by atoms with Crippen molar-refractivity contribution in [2.45, 2.75) is 32.1 Å². The summed E-state index contributed by atoms with van der Waals surface area (Å²) in [5, 5.41) is 1.13. The molecule has 0 fully saturated rings. The summed E-state index contributed by atoms with van der Waals surface area (Å²) in [5.41, 5.74) is 2.58. The monoisotopic (exact) mass is 522 g/mol. The maximum absolute atomic E-state index is 13.7. The molecule has 35 heavy (non-hydrogen) atoms. The molecule has 184 valence electrons. The second kappa shape index (κ2) is 9.48. The van der Waals surface area contributed by atoms with Crippen LogP contribution in [0.2, 0.25) is 10.0 Å². The number of aliphatic imine (C=N–C) groups is 1. The average Bonchev–Trinajstić information content (AvgIpc) is 2.81. The van der Waals surface area contributed by atoms with E-state index in [1.807, 2.05) is 12.1 Å². The smallest absolute Gasteiger partial charge is 0.315 e. The van der Waals surface area contributed by atoms with Gasteiger partial charge in [0.2, 0.25) is 5.96 Å². The van der Waals surface area contributed by atoms with Crippen molar-refractivity contribution in [1.29, 1.82) is 0 Å². The fourth-order valence-electron chi connectivity index (χ4n) is 4.85. The minimum Gasteiger partial charge on any atom is -0.315 e. The van der Waals surface area contributed by atoms with Gasteiger partial charge in [0, 0.05) is 54.9 Å². The maximum Gasteiger partial charge on any atom is 0.416 e. The van der Waals surface area contributed by atoms with Crippen LogP contribution in [0.1, 0.15) is 29.5 Å². The summed E-state index contributed by atoms with van der Waals surface area (Å²) in [6.45, 7) is 3.38. The van der Waals surface area contributed by atoms with E-state index in [0.717, 1.165) is 42.9 Å². The van der Waals surface area contributed by atoms with Crippen LogP contribution in [-0.2, 0) is 24.1 Å². The van der Waals surface area contributed by atoms with E-state index in [9.17, 15) is 18.0 Å². The third-order valence-electron chi connectivity index (χ3n) is 6.45. The van der Waals surface area contributed by atoms with Crippen molar-refractivity contribution in [3.63, 3.8) is 0 Å². The lowest BCUT2D eigenvalue weighted by Gasteiger charge is -2.45. The van der Waals surface area contributed by atoms with Gasteiger partial charge in [-0.3, -0.25) is 19.6 Å². The van der Waals surface area contributed by atoms with Gasteiger partial charge in [0.05, 0.1) is 17.7 Å². The topological polar surface area (TPSA) is 39.2 Å². The molecule has 0 N–H and O–H groups in total. The Bertz CT molecular complexity index is 1190. The number of hydrogen-bond donors (Lipinski definition) is 0. The highest BCUT2D eigenvalue weighted by Gasteiger charge is 2.40. The predicted octanol–water partition coefficient (Wildman–Crippen LogP) is 5.58. The van der Waals surface area contributed by atoms with Gasteiger partial charge < -0.3 is 4.90 Å². The largest absolute Gasteiger partial charge is 0.416 e. The fourth-order valence-corrected chi connectivity index (χ4v) is 5.42. The molecule has 3 aliphatic rings. The first-order valence-electron chi connectivity index (χ1n) is 11.4. The Hall–Kier alpha value is -2.55. The van der Waals surface area contributed by atoms with Crippen LogP contribution in [0, 0.1) is 0 Å². The summed E-state index contributed by atoms with van der Waals surface area (Å²) in [6, 6.07) is 10.4. The van der Waals surface area contributed by atoms with Crippen molar-refractivity contribution in [1.82, 2.24) is 14.7 Å². The van der Waals surface area contributed by atoms with Crippen LogP contribution in [0.15, 0.2) is 58.7 Å². The summed E-state index contributed by atoms with van der Waals surface area (Å²) >= 11 is 12.3. The molecule has 5 nitrogen and oxygen atoms in total. The Balaban J connectivity index is 1.39. The third kappa shape index (κ3) is 5.06. The van der Waals surface area contributed by atoms with Crippen molar-refractivity contribution in [2.24, 2.45) is 4.99 Å². The molecule has 0 saturated carbocycles. The zero-order valence-corrected chi connectivity index (χ0v) is 20.3. The molecule has 1 amide bonds. The van der Waals surface area contributed by atoms with Crippen molar-refractivity contribution >= 4 is 35.1 Å². The van der Waals surface area contributed by atoms with Crippen molar-refractivity contribution in [3.8, 4) is 0 Å². The highest BCUT2D eigenvalue weighted by atomic mass is 35.5. The predicted molar refractivity (Wildman–Crippen MR) is 129 cm³/mol. The summed E-state index contributed by atoms with van der Waals surface area (Å²) < 4.78 is 38.9. The van der Waals surface area contributed by atoms with E-state index in [2.05, 4.69) is 14.8 Å². The Morgan fingerprint density at radius 2 is 1.66 bits per heavy atom. The maximum atomic E-state index is 13.7. The number of carbonyl (C=O) groups excluding carboxylic acids is 1. The molecule has 0 unspecified atom stereocenters. The first-order valence-corrected chi connectivity index (χ1v) is 12.1. The minimum absolute atomic E-state index is 0.148. The van der Waals surface area contributed by atoms with Crippen LogP contribution in [0.3, 0.4) is 0 Å². The number of fused-ring (bicyclic) bond motifs is 2. The fraction of sp³-hybridized carbons (Fsp3) is 0.360. The summed E-state index contributed by atoms with van der Waals surface area (Å²) in [6.07, 6.45) is -2.81. The van der Waals surface area contributed by atoms with Gasteiger partial charge in [-0.15, -0.1) is 0 Å². The molecule has 2 aromatic carbocycles. The number of alkyl halides is 3. The lowest BCUT2D eigenvalue weighted by atomic mass is 9.99. The molecular formula is C25H23Cl2F3N4O. The molecule has 10 heteroatoms. The van der Waals surface area contributed by atoms with Crippen LogP contribution in [-0.4, -0.2) is 52.7 Å². The summed E-state index contributed by atoms with van der Waals surface area (Å²) in [5.74, 6) is 0.445. The van der Waals surface area contributed by atoms with Gasteiger partial charge in [-0.25, -0.2) is 0 Å². The van der Waals surface area contributed by atoms with Crippen molar-refractivity contribution in [3.05, 3.63) is 80.5 Å². The van der Waals surface area contributed by atoms with E-state index in [1.165, 1.54) is 12.1 Å². The van der Waals surface area contributed by atoms with Gasteiger partial charge in [-0.1, -0.05) is 35.3 Å². The molecule has 0 saturated heterocycles. The van der Waals surface area contributed by atoms with Crippen LogP contribution >= 0.6 is 23.2 Å². The standard InChI is InChI=1S/C25H23Cl2F3N4O/c26-19-10-17(11-20(27)12-19)13-32-9-6-22-21(15-32)23(35)34(24-31-7-1-8-33(22)24)14-16-2-4-18(5-3-16)25(28,29)30/h2-5,10-12H,1,6-9,13-15H2. The van der Waals surface area contributed by atoms with Crippen molar-refractivity contribution in [2.75, 3.05) is 26.2 Å². The van der Waals surface area contributed by atoms with Crippen LogP contribution < -0.4 is 0 Å². The molecule has 0 aliphatic carbocycles. The Labute approximate surface area is 211 Å². The van der Waals surface area contributed by atoms with Gasteiger partial charge in [0.25, 0.3) is 5.91 Å². The first-order chi connectivity index (χ1) is 16.7. The van der Waals surface area contributed by atoms with Crippen molar-refractivity contribution < 1.29 is 18.0 Å². The Morgan fingerprint density at radius 1 is 0.943 bits per heavy atom. The molecule has 0 atom stereocenters. The van der Waals surface area contributed by atoms with Gasteiger partial charge in [-0.2, -0.15) is 13.2 Å². The highest BCUT2D eigenvalue weighted by Crippen LogP contribution is 2.33. The second-order valence-electron chi connectivity index (χ2n) is 8.94. The summed E-state index contributed by atoms with van der Waals surface area (Å²) in [7, 11) is 0. The first kappa shape index (κ1) is 24.2. The molecule has 3 aliphatic heterocycles. The van der Waals surface area contributed by atoms with Crippen LogP contribution in [0.5, 0.6) is 0 Å². The average molecular weight is 523 g/mol. The Morgan fingerprint density at radius 3 is 2.34 bits per heavy atom. The molecule has 2 aromatic rings. The van der Waals surface area contributed by atoms with E-state index >= 15 is 0 Å². The number of amides is 1. The van der Waals surface area contributed by atoms with E-state index < -0.39 is 11.7 Å². The molecule has 0 radical (unpaired) electrons. The number of nitrogens with zero attached hydrogens (tertiary/aromatic N) is 4. The molecular weight excluding hydrogens is 500 g/mol. The van der Waals surface area contributed by atoms with E-state index in [1.54, 1.807) is 11.0 Å². The number of rotatable bonds is 4. The molecule has 3 heterocycles. The van der Waals surface area contributed by atoms with Gasteiger partial charge >= 0.3 is 6.18 Å². The lowest BCUT2D eigenvalue weighted by Crippen LogP contribution is -2.56. The lowest BCUT2D eigenvalue weighted by molar-refractivity contribution is -0.137.